The van der Waals surface area contributed by atoms with Crippen molar-refractivity contribution in [1.82, 2.24) is 5.32 Å². The van der Waals surface area contributed by atoms with Gasteiger partial charge >= 0.3 is 0 Å². The molecule has 5 nitrogen and oxygen atoms in total. The fourth-order valence-corrected chi connectivity index (χ4v) is 3.00. The lowest BCUT2D eigenvalue weighted by Gasteiger charge is -2.15. The maximum atomic E-state index is 12.5. The van der Waals surface area contributed by atoms with Gasteiger partial charge in [-0.1, -0.05) is 18.2 Å². The summed E-state index contributed by atoms with van der Waals surface area (Å²) in [6.07, 6.45) is 1.57. The number of methoxy groups -OCH3 is 1. The minimum atomic E-state index is -0.145. The Hall–Kier alpha value is -2.53. The van der Waals surface area contributed by atoms with Gasteiger partial charge in [-0.3, -0.25) is 4.79 Å². The van der Waals surface area contributed by atoms with Gasteiger partial charge in [-0.05, 0) is 48.2 Å². The summed E-state index contributed by atoms with van der Waals surface area (Å²) in [6.45, 7) is 0.940. The van der Waals surface area contributed by atoms with Crippen molar-refractivity contribution in [2.45, 2.75) is 18.9 Å². The molecule has 0 radical (unpaired) electrons. The number of ether oxygens (including phenoxy) is 2. The molecular formula is C19H21NO4. The second kappa shape index (κ2) is 7.36. The maximum Gasteiger partial charge on any atom is 0.251 e. The van der Waals surface area contributed by atoms with Crippen molar-refractivity contribution >= 4 is 5.91 Å². The van der Waals surface area contributed by atoms with Gasteiger partial charge in [-0.25, -0.2) is 0 Å². The molecule has 0 spiro atoms. The highest BCUT2D eigenvalue weighted by Crippen LogP contribution is 2.36. The summed E-state index contributed by atoms with van der Waals surface area (Å²) in [4.78, 5) is 12.5. The largest absolute Gasteiger partial charge is 0.508 e. The van der Waals surface area contributed by atoms with Gasteiger partial charge < -0.3 is 19.9 Å². The molecule has 2 aromatic rings. The van der Waals surface area contributed by atoms with Crippen molar-refractivity contribution in [3.8, 4) is 11.5 Å². The normalized spacial score (nSPS) is 15.8. The zero-order valence-corrected chi connectivity index (χ0v) is 13.6. The molecule has 5 heteroatoms. The van der Waals surface area contributed by atoms with E-state index in [-0.39, 0.29) is 11.9 Å². The van der Waals surface area contributed by atoms with Crippen LogP contribution in [0.5, 0.6) is 11.5 Å². The second-order valence-electron chi connectivity index (χ2n) is 5.78. The Labute approximate surface area is 141 Å². The van der Waals surface area contributed by atoms with Crippen LogP contribution in [-0.4, -0.2) is 31.3 Å². The molecule has 0 saturated heterocycles. The zero-order valence-electron chi connectivity index (χ0n) is 13.6. The van der Waals surface area contributed by atoms with Crippen LogP contribution in [0.1, 0.15) is 33.9 Å². The van der Waals surface area contributed by atoms with Crippen LogP contribution in [-0.2, 0) is 11.2 Å². The molecule has 0 aliphatic heterocycles. The molecule has 1 aliphatic rings. The summed E-state index contributed by atoms with van der Waals surface area (Å²) in [5.41, 5.74) is 2.48. The zero-order chi connectivity index (χ0) is 16.9. The molecule has 2 aromatic carbocycles. The Morgan fingerprint density at radius 3 is 2.92 bits per heavy atom. The van der Waals surface area contributed by atoms with Gasteiger partial charge in [0.1, 0.15) is 18.1 Å². The summed E-state index contributed by atoms with van der Waals surface area (Å²) in [5, 5.41) is 12.9. The van der Waals surface area contributed by atoms with Gasteiger partial charge in [0.25, 0.3) is 5.91 Å². The van der Waals surface area contributed by atoms with Crippen LogP contribution in [0.2, 0.25) is 0 Å². The van der Waals surface area contributed by atoms with Crippen molar-refractivity contribution in [3.63, 3.8) is 0 Å². The number of phenolic OH excluding ortho intramolecular Hbond substituents is 1. The van der Waals surface area contributed by atoms with Gasteiger partial charge in [-0.2, -0.15) is 0 Å². The lowest BCUT2D eigenvalue weighted by Crippen LogP contribution is -2.27. The van der Waals surface area contributed by atoms with Crippen LogP contribution in [0.4, 0.5) is 0 Å². The number of fused-ring (bicyclic) bond motifs is 1. The number of amides is 1. The van der Waals surface area contributed by atoms with Crippen molar-refractivity contribution in [2.75, 3.05) is 20.3 Å². The van der Waals surface area contributed by atoms with E-state index in [0.717, 1.165) is 24.0 Å². The fourth-order valence-electron chi connectivity index (χ4n) is 3.00. The fraction of sp³-hybridized carbons (Fsp3) is 0.316. The minimum absolute atomic E-state index is 0.0716. The smallest absolute Gasteiger partial charge is 0.251 e. The number of carbonyl (C=O) groups excluding carboxylic acids is 1. The Bertz CT molecular complexity index is 729. The van der Waals surface area contributed by atoms with Gasteiger partial charge in [-0.15, -0.1) is 0 Å². The van der Waals surface area contributed by atoms with E-state index in [1.165, 1.54) is 0 Å². The molecule has 0 unspecified atom stereocenters. The van der Waals surface area contributed by atoms with Gasteiger partial charge in [0.05, 0.1) is 12.6 Å². The lowest BCUT2D eigenvalue weighted by molar-refractivity contribution is 0.0936. The number of hydrogen-bond donors (Lipinski definition) is 2. The number of rotatable bonds is 6. The topological polar surface area (TPSA) is 67.8 Å². The van der Waals surface area contributed by atoms with Gasteiger partial charge in [0.2, 0.25) is 0 Å². The predicted molar refractivity (Wildman–Crippen MR) is 90.4 cm³/mol. The van der Waals surface area contributed by atoms with E-state index in [1.807, 2.05) is 18.2 Å². The number of carbonyl (C=O) groups is 1. The van der Waals surface area contributed by atoms with Crippen LogP contribution >= 0.6 is 0 Å². The van der Waals surface area contributed by atoms with Crippen molar-refractivity contribution < 1.29 is 19.4 Å². The summed E-state index contributed by atoms with van der Waals surface area (Å²) in [6, 6.07) is 12.5. The first-order chi connectivity index (χ1) is 11.7. The second-order valence-corrected chi connectivity index (χ2v) is 5.78. The first-order valence-corrected chi connectivity index (χ1v) is 8.02. The molecule has 1 aliphatic carbocycles. The van der Waals surface area contributed by atoms with Crippen LogP contribution in [0.3, 0.4) is 0 Å². The maximum absolute atomic E-state index is 12.5. The molecule has 0 fully saturated rings. The third kappa shape index (κ3) is 3.51. The van der Waals surface area contributed by atoms with Crippen LogP contribution in [0.25, 0.3) is 0 Å². The first-order valence-electron chi connectivity index (χ1n) is 8.02. The third-order valence-corrected chi connectivity index (χ3v) is 4.20. The van der Waals surface area contributed by atoms with Crippen LogP contribution in [0, 0.1) is 0 Å². The van der Waals surface area contributed by atoms with Crippen LogP contribution in [0.15, 0.2) is 42.5 Å². The van der Waals surface area contributed by atoms with Crippen molar-refractivity contribution in [3.05, 3.63) is 59.2 Å². The quantitative estimate of drug-likeness (QED) is 0.801. The molecule has 0 heterocycles. The Morgan fingerprint density at radius 2 is 2.08 bits per heavy atom. The molecule has 1 atom stereocenters. The lowest BCUT2D eigenvalue weighted by atomic mass is 10.1. The monoisotopic (exact) mass is 327 g/mol. The van der Waals surface area contributed by atoms with E-state index >= 15 is 0 Å². The standard InChI is InChI=1S/C19H21NO4/c1-23-10-11-24-14-5-2-4-13(12-14)19(22)20-17-9-8-16-15(17)6-3-7-18(16)21/h2-7,12,17,21H,8-11H2,1H3,(H,20,22)/t17-/m1/s1. The molecule has 24 heavy (non-hydrogen) atoms. The molecule has 0 bridgehead atoms. The van der Waals surface area contributed by atoms with Gasteiger partial charge in [0.15, 0.2) is 0 Å². The number of nitrogens with one attached hydrogen (secondary N) is 1. The molecule has 1 amide bonds. The average molecular weight is 327 g/mol. The number of hydrogen-bond acceptors (Lipinski definition) is 4. The first kappa shape index (κ1) is 16.3. The average Bonchev–Trinajstić information content (AvgIpc) is 3.00. The number of aromatic hydroxyl groups is 1. The molecule has 0 aromatic heterocycles. The van der Waals surface area contributed by atoms with E-state index in [9.17, 15) is 9.90 Å². The molecular weight excluding hydrogens is 306 g/mol. The van der Waals surface area contributed by atoms with E-state index in [1.54, 1.807) is 31.4 Å². The number of benzene rings is 2. The Kier molecular flexibility index (Phi) is 5.01. The predicted octanol–water partition coefficient (Wildman–Crippen LogP) is 2.83. The third-order valence-electron chi connectivity index (χ3n) is 4.20. The molecule has 0 saturated carbocycles. The van der Waals surface area contributed by atoms with E-state index < -0.39 is 0 Å². The highest BCUT2D eigenvalue weighted by atomic mass is 16.5. The highest BCUT2D eigenvalue weighted by Gasteiger charge is 2.26. The van der Waals surface area contributed by atoms with Gasteiger partial charge in [0, 0.05) is 12.7 Å². The highest BCUT2D eigenvalue weighted by molar-refractivity contribution is 5.94. The summed E-state index contributed by atoms with van der Waals surface area (Å²) in [5.74, 6) is 0.801. The molecule has 3 rings (SSSR count). The molecule has 2 N–H and O–H groups in total. The van der Waals surface area contributed by atoms with E-state index in [2.05, 4.69) is 5.32 Å². The van der Waals surface area contributed by atoms with Crippen molar-refractivity contribution in [1.29, 1.82) is 0 Å². The minimum Gasteiger partial charge on any atom is -0.508 e. The summed E-state index contributed by atoms with van der Waals surface area (Å²) < 4.78 is 10.5. The van der Waals surface area contributed by atoms with E-state index in [0.29, 0.717) is 30.3 Å². The van der Waals surface area contributed by atoms with E-state index in [4.69, 9.17) is 9.47 Å². The summed E-state index contributed by atoms with van der Waals surface area (Å²) in [7, 11) is 1.62. The SMILES string of the molecule is COCCOc1cccc(C(=O)N[C@@H]2CCc3c(O)cccc32)c1. The van der Waals surface area contributed by atoms with Crippen LogP contribution < -0.4 is 10.1 Å². The molecule has 126 valence electrons. The summed E-state index contributed by atoms with van der Waals surface area (Å²) >= 11 is 0. The van der Waals surface area contributed by atoms with Crippen molar-refractivity contribution in [2.24, 2.45) is 0 Å². The number of phenols is 1. The Morgan fingerprint density at radius 1 is 1.25 bits per heavy atom. The Balaban J connectivity index is 1.68.